The van der Waals surface area contributed by atoms with Crippen molar-refractivity contribution in [3.05, 3.63) is 30.1 Å². The number of hydrogen-bond donors (Lipinski definition) is 1. The first-order valence-electron chi connectivity index (χ1n) is 5.07. The topological polar surface area (TPSA) is 70.5 Å². The Morgan fingerprint density at radius 3 is 2.82 bits per heavy atom. The number of nitrogens with zero attached hydrogens (tertiary/aromatic N) is 2. The van der Waals surface area contributed by atoms with E-state index >= 15 is 0 Å². The lowest BCUT2D eigenvalue weighted by atomic mass is 10.1. The third-order valence-corrected chi connectivity index (χ3v) is 2.64. The monoisotopic (exact) mass is 236 g/mol. The van der Waals surface area contributed by atoms with Crippen LogP contribution in [0.4, 0.5) is 0 Å². The fourth-order valence-corrected chi connectivity index (χ4v) is 1.78. The Morgan fingerprint density at radius 1 is 1.53 bits per heavy atom. The zero-order valence-electron chi connectivity index (χ0n) is 8.67. The van der Waals surface area contributed by atoms with Crippen LogP contribution in [-0.4, -0.2) is 33.4 Å². The molecule has 0 saturated carbocycles. The number of hydrogen-bond acceptors (Lipinski definition) is 3. The van der Waals surface area contributed by atoms with E-state index in [1.54, 1.807) is 17.2 Å². The Kier molecular flexibility index (Phi) is 4.20. The van der Waals surface area contributed by atoms with Gasteiger partial charge in [-0.2, -0.15) is 0 Å². The number of pyridine rings is 1. The molecular weight excluding hydrogens is 220 g/mol. The smallest absolute Gasteiger partial charge is 0.308 e. The fourth-order valence-electron chi connectivity index (χ4n) is 1.78. The predicted octanol–water partition coefficient (Wildman–Crippen LogP) is 1.15. The summed E-state index contributed by atoms with van der Waals surface area (Å²) in [6.07, 6.45) is 1.76. The molecule has 1 aromatic heterocycles. The molecule has 5 heteroatoms. The van der Waals surface area contributed by atoms with Crippen molar-refractivity contribution in [3.8, 4) is 0 Å². The van der Waals surface area contributed by atoms with Crippen molar-refractivity contribution >= 4 is 11.9 Å². The molecule has 0 spiro atoms. The molecule has 0 radical (unpaired) electrons. The van der Waals surface area contributed by atoms with Gasteiger partial charge in [0.2, 0.25) is 5.91 Å². The summed E-state index contributed by atoms with van der Waals surface area (Å²) in [5.74, 6) is -1.59. The van der Waals surface area contributed by atoms with Crippen molar-refractivity contribution in [2.75, 3.05) is 6.54 Å². The number of carboxylic acid groups (broad SMARTS) is 1. The molecule has 1 amide bonds. The van der Waals surface area contributed by atoms with Gasteiger partial charge in [0.1, 0.15) is 0 Å². The third-order valence-electron chi connectivity index (χ3n) is 2.64. The lowest BCUT2D eigenvalue weighted by Crippen LogP contribution is -2.26. The van der Waals surface area contributed by atoms with Gasteiger partial charge in [0.25, 0.3) is 0 Å². The van der Waals surface area contributed by atoms with Crippen molar-refractivity contribution in [2.45, 2.75) is 20.4 Å². The number of carbonyl (C=O) groups excluding carboxylic acids is 1. The molecule has 1 aliphatic heterocycles. The number of likely N-dealkylation sites (tertiary alicyclic amines) is 1. The number of carbonyl (C=O) groups is 2. The van der Waals surface area contributed by atoms with Crippen LogP contribution in [0, 0.1) is 5.92 Å². The number of rotatable bonds is 3. The molecule has 2 heterocycles. The van der Waals surface area contributed by atoms with Gasteiger partial charge in [0.15, 0.2) is 0 Å². The van der Waals surface area contributed by atoms with Crippen molar-refractivity contribution in [2.24, 2.45) is 5.92 Å². The third kappa shape index (κ3) is 3.03. The Hall–Kier alpha value is -1.91. The first kappa shape index (κ1) is 13.2. The molecular formula is C12H16N2O3. The Balaban J connectivity index is 0.00000144. The van der Waals surface area contributed by atoms with Crippen LogP contribution in [0.15, 0.2) is 24.4 Å². The molecule has 1 atom stereocenters. The number of carboxylic acids is 1. The highest BCUT2D eigenvalue weighted by Gasteiger charge is 2.34. The van der Waals surface area contributed by atoms with Crippen LogP contribution >= 0.6 is 0 Å². The van der Waals surface area contributed by atoms with Crippen LogP contribution in [0.2, 0.25) is 0 Å². The molecule has 0 bridgehead atoms. The molecule has 17 heavy (non-hydrogen) atoms. The van der Waals surface area contributed by atoms with Gasteiger partial charge in [-0.1, -0.05) is 13.5 Å². The lowest BCUT2D eigenvalue weighted by Gasteiger charge is -2.14. The highest BCUT2D eigenvalue weighted by molar-refractivity contribution is 5.85. The Morgan fingerprint density at radius 2 is 2.29 bits per heavy atom. The van der Waals surface area contributed by atoms with Crippen molar-refractivity contribution in [1.29, 1.82) is 0 Å². The average molecular weight is 236 g/mol. The van der Waals surface area contributed by atoms with Crippen LogP contribution in [0.5, 0.6) is 0 Å². The summed E-state index contributed by atoms with van der Waals surface area (Å²) >= 11 is 0. The molecule has 1 saturated heterocycles. The molecule has 1 fully saturated rings. The van der Waals surface area contributed by atoms with E-state index in [0.29, 0.717) is 6.54 Å². The molecule has 1 aromatic rings. The van der Waals surface area contributed by atoms with E-state index in [0.717, 1.165) is 5.69 Å². The van der Waals surface area contributed by atoms with Gasteiger partial charge in [-0.05, 0) is 12.1 Å². The zero-order valence-corrected chi connectivity index (χ0v) is 8.67. The summed E-state index contributed by atoms with van der Waals surface area (Å²) in [5.41, 5.74) is 0.780. The molecule has 5 nitrogen and oxygen atoms in total. The standard InChI is InChI=1S/C11H12N2O3.CH4/c14-10-5-8(11(15)16)6-13(10)7-9-3-1-2-4-12-9;/h1-4,8H,5-7H2,(H,15,16);1H4. The summed E-state index contributed by atoms with van der Waals surface area (Å²) in [4.78, 5) is 27.9. The van der Waals surface area contributed by atoms with Gasteiger partial charge in [-0.3, -0.25) is 14.6 Å². The summed E-state index contributed by atoms with van der Waals surface area (Å²) in [6, 6.07) is 5.47. The van der Waals surface area contributed by atoms with Crippen LogP contribution in [0.3, 0.4) is 0 Å². The summed E-state index contributed by atoms with van der Waals surface area (Å²) < 4.78 is 0. The van der Waals surface area contributed by atoms with E-state index in [2.05, 4.69) is 4.98 Å². The van der Waals surface area contributed by atoms with E-state index in [1.807, 2.05) is 12.1 Å². The molecule has 0 aromatic carbocycles. The second-order valence-electron chi connectivity index (χ2n) is 3.83. The second kappa shape index (κ2) is 5.43. The number of aromatic nitrogens is 1. The minimum absolute atomic E-state index is 0. The van der Waals surface area contributed by atoms with Gasteiger partial charge in [-0.25, -0.2) is 0 Å². The molecule has 92 valence electrons. The largest absolute Gasteiger partial charge is 0.481 e. The summed E-state index contributed by atoms with van der Waals surface area (Å²) in [7, 11) is 0. The summed E-state index contributed by atoms with van der Waals surface area (Å²) in [6.45, 7) is 0.675. The van der Waals surface area contributed by atoms with E-state index < -0.39 is 11.9 Å². The maximum absolute atomic E-state index is 11.5. The van der Waals surface area contributed by atoms with Gasteiger partial charge in [-0.15, -0.1) is 0 Å². The minimum Gasteiger partial charge on any atom is -0.481 e. The van der Waals surface area contributed by atoms with Crippen LogP contribution < -0.4 is 0 Å². The maximum Gasteiger partial charge on any atom is 0.308 e. The molecule has 0 aliphatic carbocycles. The van der Waals surface area contributed by atoms with Crippen molar-refractivity contribution in [1.82, 2.24) is 9.88 Å². The van der Waals surface area contributed by atoms with E-state index in [-0.39, 0.29) is 26.3 Å². The minimum atomic E-state index is -0.906. The lowest BCUT2D eigenvalue weighted by molar-refractivity contribution is -0.141. The first-order valence-corrected chi connectivity index (χ1v) is 5.07. The van der Waals surface area contributed by atoms with E-state index in [1.165, 1.54) is 0 Å². The van der Waals surface area contributed by atoms with Crippen LogP contribution in [0.1, 0.15) is 19.5 Å². The molecule has 1 unspecified atom stereocenters. The number of aliphatic carboxylic acids is 1. The number of amides is 1. The van der Waals surface area contributed by atoms with E-state index in [4.69, 9.17) is 5.11 Å². The van der Waals surface area contributed by atoms with Crippen molar-refractivity contribution < 1.29 is 14.7 Å². The predicted molar refractivity (Wildman–Crippen MR) is 62.1 cm³/mol. The van der Waals surface area contributed by atoms with Crippen LogP contribution in [-0.2, 0) is 16.1 Å². The highest BCUT2D eigenvalue weighted by Crippen LogP contribution is 2.19. The Bertz CT molecular complexity index is 405. The fraction of sp³-hybridized carbons (Fsp3) is 0.417. The SMILES string of the molecule is C.O=C(O)C1CC(=O)N(Cc2ccccn2)C1. The molecule has 1 N–H and O–H groups in total. The van der Waals surface area contributed by atoms with Crippen molar-refractivity contribution in [3.63, 3.8) is 0 Å². The first-order chi connectivity index (χ1) is 7.66. The maximum atomic E-state index is 11.5. The normalized spacial score (nSPS) is 18.9. The van der Waals surface area contributed by atoms with Gasteiger partial charge >= 0.3 is 5.97 Å². The van der Waals surface area contributed by atoms with Gasteiger partial charge in [0.05, 0.1) is 18.2 Å². The highest BCUT2D eigenvalue weighted by atomic mass is 16.4. The zero-order chi connectivity index (χ0) is 11.5. The second-order valence-corrected chi connectivity index (χ2v) is 3.83. The summed E-state index contributed by atoms with van der Waals surface area (Å²) in [5, 5.41) is 8.82. The van der Waals surface area contributed by atoms with Gasteiger partial charge < -0.3 is 10.0 Å². The van der Waals surface area contributed by atoms with E-state index in [9.17, 15) is 9.59 Å². The quantitative estimate of drug-likeness (QED) is 0.854. The average Bonchev–Trinajstić information content (AvgIpc) is 2.62. The molecule has 2 rings (SSSR count). The molecule has 1 aliphatic rings. The van der Waals surface area contributed by atoms with Gasteiger partial charge in [0, 0.05) is 19.2 Å². The Labute approximate surface area is 100 Å². The van der Waals surface area contributed by atoms with Crippen LogP contribution in [0.25, 0.3) is 0 Å².